The number of hydrogen-bond acceptors (Lipinski definition) is 1. The lowest BCUT2D eigenvalue weighted by atomic mass is 10.1. The number of nitrogens with zero attached hydrogens (tertiary/aromatic N) is 1. The fourth-order valence-corrected chi connectivity index (χ4v) is 0.523. The van der Waals surface area contributed by atoms with Gasteiger partial charge in [0.1, 0.15) is 0 Å². The summed E-state index contributed by atoms with van der Waals surface area (Å²) in [7, 11) is 0. The molecule has 10 heavy (non-hydrogen) atoms. The maximum absolute atomic E-state index is 4.39. The molecule has 0 amide bonds. The first-order chi connectivity index (χ1) is 4.57. The van der Waals surface area contributed by atoms with Crippen LogP contribution in [0, 0.1) is 5.92 Å². The third-order valence-electron chi connectivity index (χ3n) is 1.58. The van der Waals surface area contributed by atoms with Gasteiger partial charge in [-0.2, -0.15) is 0 Å². The summed E-state index contributed by atoms with van der Waals surface area (Å²) in [6, 6.07) is 0.266. The Balaban J connectivity index is 4.01. The summed E-state index contributed by atoms with van der Waals surface area (Å²) in [6.45, 7) is 12.1. The van der Waals surface area contributed by atoms with E-state index in [-0.39, 0.29) is 6.04 Å². The molecule has 0 saturated heterocycles. The van der Waals surface area contributed by atoms with Crippen LogP contribution in [0.15, 0.2) is 17.6 Å². The minimum atomic E-state index is 0.266. The molecule has 0 aliphatic carbocycles. The summed E-state index contributed by atoms with van der Waals surface area (Å²) in [5.74, 6) is 0.558. The van der Waals surface area contributed by atoms with Crippen molar-refractivity contribution >= 4 is 5.71 Å². The summed E-state index contributed by atoms with van der Waals surface area (Å²) in [4.78, 5) is 4.39. The van der Waals surface area contributed by atoms with Crippen molar-refractivity contribution in [2.75, 3.05) is 0 Å². The lowest BCUT2D eigenvalue weighted by Crippen LogP contribution is -2.05. The second kappa shape index (κ2) is 4.26. The van der Waals surface area contributed by atoms with Crippen LogP contribution < -0.4 is 0 Å². The third kappa shape index (κ3) is 3.44. The third-order valence-corrected chi connectivity index (χ3v) is 1.58. The van der Waals surface area contributed by atoms with Crippen molar-refractivity contribution in [3.63, 3.8) is 0 Å². The van der Waals surface area contributed by atoms with Crippen LogP contribution in [-0.2, 0) is 0 Å². The quantitative estimate of drug-likeness (QED) is 0.421. The SMILES string of the molecule is C=CC(C)N=C(C)C(C)C. The van der Waals surface area contributed by atoms with Gasteiger partial charge in [0, 0.05) is 5.71 Å². The number of hydrogen-bond donors (Lipinski definition) is 0. The maximum atomic E-state index is 4.39. The molecule has 0 rings (SSSR count). The molecule has 0 spiro atoms. The zero-order valence-electron chi connectivity index (χ0n) is 7.39. The van der Waals surface area contributed by atoms with Crippen molar-refractivity contribution in [1.82, 2.24) is 0 Å². The standard InChI is InChI=1S/C9H17N/c1-6-8(4)10-9(5)7(2)3/h6-8H,1H2,2-5H3. The van der Waals surface area contributed by atoms with E-state index in [9.17, 15) is 0 Å². The summed E-state index contributed by atoms with van der Waals surface area (Å²) >= 11 is 0. The predicted molar refractivity (Wildman–Crippen MR) is 47.6 cm³/mol. The fourth-order valence-electron chi connectivity index (χ4n) is 0.523. The van der Waals surface area contributed by atoms with E-state index in [0.717, 1.165) is 0 Å². The molecule has 0 radical (unpaired) electrons. The highest BCUT2D eigenvalue weighted by Crippen LogP contribution is 1.99. The first kappa shape index (κ1) is 9.41. The monoisotopic (exact) mass is 139 g/mol. The van der Waals surface area contributed by atoms with Crippen LogP contribution in [0.3, 0.4) is 0 Å². The molecule has 0 heterocycles. The van der Waals surface area contributed by atoms with Crippen molar-refractivity contribution in [2.45, 2.75) is 33.7 Å². The molecule has 0 aromatic carbocycles. The smallest absolute Gasteiger partial charge is 0.0648 e. The molecular weight excluding hydrogens is 122 g/mol. The van der Waals surface area contributed by atoms with E-state index >= 15 is 0 Å². The highest BCUT2D eigenvalue weighted by molar-refractivity contribution is 5.83. The van der Waals surface area contributed by atoms with E-state index in [2.05, 4.69) is 32.3 Å². The molecule has 0 N–H and O–H groups in total. The highest BCUT2D eigenvalue weighted by atomic mass is 14.8. The Morgan fingerprint density at radius 1 is 1.40 bits per heavy atom. The molecule has 1 heteroatoms. The van der Waals surface area contributed by atoms with Gasteiger partial charge in [0.2, 0.25) is 0 Å². The van der Waals surface area contributed by atoms with E-state index in [1.54, 1.807) is 0 Å². The van der Waals surface area contributed by atoms with Gasteiger partial charge in [-0.1, -0.05) is 19.9 Å². The van der Waals surface area contributed by atoms with Gasteiger partial charge in [0.15, 0.2) is 0 Å². The normalized spacial score (nSPS) is 15.5. The number of aliphatic imine (C=N–C) groups is 1. The first-order valence-electron chi connectivity index (χ1n) is 3.74. The van der Waals surface area contributed by atoms with E-state index in [4.69, 9.17) is 0 Å². The van der Waals surface area contributed by atoms with Gasteiger partial charge < -0.3 is 0 Å². The van der Waals surface area contributed by atoms with E-state index in [1.165, 1.54) is 5.71 Å². The Bertz CT molecular complexity index is 134. The zero-order chi connectivity index (χ0) is 8.15. The molecule has 1 nitrogen and oxygen atoms in total. The van der Waals surface area contributed by atoms with Gasteiger partial charge in [-0.25, -0.2) is 0 Å². The Labute approximate surface area is 63.9 Å². The molecule has 58 valence electrons. The first-order valence-corrected chi connectivity index (χ1v) is 3.74. The lowest BCUT2D eigenvalue weighted by molar-refractivity contribution is 0.837. The highest BCUT2D eigenvalue weighted by Gasteiger charge is 1.98. The Hall–Kier alpha value is -0.590. The molecule has 1 atom stereocenters. The molecule has 0 fully saturated rings. The molecule has 0 bridgehead atoms. The molecule has 0 aromatic rings. The molecular formula is C9H17N. The van der Waals surface area contributed by atoms with E-state index in [1.807, 2.05) is 13.0 Å². The van der Waals surface area contributed by atoms with Gasteiger partial charge in [0.25, 0.3) is 0 Å². The lowest BCUT2D eigenvalue weighted by Gasteiger charge is -2.05. The molecule has 0 aromatic heterocycles. The van der Waals surface area contributed by atoms with Crippen LogP contribution in [0.2, 0.25) is 0 Å². The largest absolute Gasteiger partial charge is 0.287 e. The minimum Gasteiger partial charge on any atom is -0.287 e. The molecule has 0 aliphatic heterocycles. The Morgan fingerprint density at radius 2 is 1.90 bits per heavy atom. The van der Waals surface area contributed by atoms with Crippen molar-refractivity contribution in [2.24, 2.45) is 10.9 Å². The average Bonchev–Trinajstić information content (AvgIpc) is 1.87. The van der Waals surface area contributed by atoms with E-state index < -0.39 is 0 Å². The molecule has 1 unspecified atom stereocenters. The zero-order valence-corrected chi connectivity index (χ0v) is 7.39. The van der Waals surface area contributed by atoms with Gasteiger partial charge >= 0.3 is 0 Å². The Morgan fingerprint density at radius 3 is 2.20 bits per heavy atom. The second-order valence-electron chi connectivity index (χ2n) is 2.90. The second-order valence-corrected chi connectivity index (χ2v) is 2.90. The number of rotatable bonds is 3. The van der Waals surface area contributed by atoms with Crippen molar-refractivity contribution in [3.8, 4) is 0 Å². The van der Waals surface area contributed by atoms with Gasteiger partial charge in [-0.15, -0.1) is 6.58 Å². The fraction of sp³-hybridized carbons (Fsp3) is 0.667. The van der Waals surface area contributed by atoms with Crippen LogP contribution in [0.5, 0.6) is 0 Å². The molecule has 0 aliphatic rings. The van der Waals surface area contributed by atoms with Crippen LogP contribution >= 0.6 is 0 Å². The van der Waals surface area contributed by atoms with Gasteiger partial charge in [-0.05, 0) is 19.8 Å². The van der Waals surface area contributed by atoms with Crippen LogP contribution in [0.1, 0.15) is 27.7 Å². The minimum absolute atomic E-state index is 0.266. The maximum Gasteiger partial charge on any atom is 0.0648 e. The summed E-state index contributed by atoms with van der Waals surface area (Å²) in [6.07, 6.45) is 1.85. The predicted octanol–water partition coefficient (Wildman–Crippen LogP) is 2.68. The van der Waals surface area contributed by atoms with Crippen LogP contribution in [0.25, 0.3) is 0 Å². The van der Waals surface area contributed by atoms with Crippen molar-refractivity contribution in [3.05, 3.63) is 12.7 Å². The van der Waals surface area contributed by atoms with Crippen LogP contribution in [0.4, 0.5) is 0 Å². The average molecular weight is 139 g/mol. The molecule has 0 saturated carbocycles. The van der Waals surface area contributed by atoms with Crippen molar-refractivity contribution < 1.29 is 0 Å². The van der Waals surface area contributed by atoms with Crippen LogP contribution in [-0.4, -0.2) is 11.8 Å². The Kier molecular flexibility index (Phi) is 4.01. The van der Waals surface area contributed by atoms with E-state index in [0.29, 0.717) is 5.92 Å². The summed E-state index contributed by atoms with van der Waals surface area (Å²) in [5, 5.41) is 0. The summed E-state index contributed by atoms with van der Waals surface area (Å²) < 4.78 is 0. The van der Waals surface area contributed by atoms with Crippen molar-refractivity contribution in [1.29, 1.82) is 0 Å². The van der Waals surface area contributed by atoms with Gasteiger partial charge in [-0.3, -0.25) is 4.99 Å². The topological polar surface area (TPSA) is 12.4 Å². The van der Waals surface area contributed by atoms with Gasteiger partial charge in [0.05, 0.1) is 6.04 Å². The summed E-state index contributed by atoms with van der Waals surface area (Å²) in [5.41, 5.74) is 1.20.